The van der Waals surface area contributed by atoms with Crippen molar-refractivity contribution < 1.29 is 0 Å². The molecule has 0 aliphatic carbocycles. The number of nitrogens with zero attached hydrogens (tertiary/aromatic N) is 3. The Morgan fingerprint density at radius 2 is 1.50 bits per heavy atom. The van der Waals surface area contributed by atoms with E-state index < -0.39 is 0 Å². The van der Waals surface area contributed by atoms with E-state index in [0.29, 0.717) is 11.8 Å². The van der Waals surface area contributed by atoms with Gasteiger partial charge in [-0.15, -0.1) is 0 Å². The van der Waals surface area contributed by atoms with Crippen LogP contribution >= 0.6 is 0 Å². The van der Waals surface area contributed by atoms with Crippen LogP contribution < -0.4 is 11.1 Å². The van der Waals surface area contributed by atoms with Crippen LogP contribution in [0.2, 0.25) is 0 Å². The number of aromatic nitrogens is 3. The molecule has 0 spiro atoms. The quantitative estimate of drug-likeness (QED) is 0.761. The van der Waals surface area contributed by atoms with E-state index in [1.807, 2.05) is 41.5 Å². The Morgan fingerprint density at radius 3 is 1.94 bits per heavy atom. The molecular formula is C11H21N5. The predicted octanol–water partition coefficient (Wildman–Crippen LogP) is 1.96. The molecule has 0 bridgehead atoms. The lowest BCUT2D eigenvalue weighted by atomic mass is 9.96. The van der Waals surface area contributed by atoms with Gasteiger partial charge in [0.2, 0.25) is 11.9 Å². The van der Waals surface area contributed by atoms with Gasteiger partial charge in [0.25, 0.3) is 0 Å². The van der Waals surface area contributed by atoms with Gasteiger partial charge in [0.15, 0.2) is 0 Å². The molecule has 1 rings (SSSR count). The first-order valence-corrected chi connectivity index (χ1v) is 5.38. The summed E-state index contributed by atoms with van der Waals surface area (Å²) in [6.07, 6.45) is 0. The maximum atomic E-state index is 5.67. The van der Waals surface area contributed by atoms with Crippen molar-refractivity contribution in [3.8, 4) is 0 Å². The first kappa shape index (κ1) is 12.7. The molecule has 3 N–H and O–H groups in total. The fourth-order valence-electron chi connectivity index (χ4n) is 1.12. The van der Waals surface area contributed by atoms with Crippen LogP contribution in [-0.4, -0.2) is 20.5 Å². The van der Waals surface area contributed by atoms with Crippen LogP contribution in [-0.2, 0) is 5.41 Å². The Morgan fingerprint density at radius 1 is 0.938 bits per heavy atom. The molecule has 5 nitrogen and oxygen atoms in total. The van der Waals surface area contributed by atoms with Crippen molar-refractivity contribution in [1.82, 2.24) is 15.0 Å². The number of rotatable bonds is 1. The van der Waals surface area contributed by atoms with Crippen molar-refractivity contribution in [2.75, 3.05) is 11.1 Å². The largest absolute Gasteiger partial charge is 0.368 e. The topological polar surface area (TPSA) is 76.7 Å². The minimum Gasteiger partial charge on any atom is -0.368 e. The van der Waals surface area contributed by atoms with E-state index in [1.54, 1.807) is 0 Å². The summed E-state index contributed by atoms with van der Waals surface area (Å²) >= 11 is 0. The second kappa shape index (κ2) is 3.88. The SMILES string of the molecule is CC(C)(C)Nc1nc(N)nc(C(C)(C)C)n1. The minimum atomic E-state index is -0.134. The fourth-order valence-corrected chi connectivity index (χ4v) is 1.12. The Hall–Kier alpha value is -1.39. The smallest absolute Gasteiger partial charge is 0.228 e. The summed E-state index contributed by atoms with van der Waals surface area (Å²) in [6.45, 7) is 12.3. The van der Waals surface area contributed by atoms with Crippen LogP contribution in [0.1, 0.15) is 47.4 Å². The molecule has 0 radical (unpaired) electrons. The fraction of sp³-hybridized carbons (Fsp3) is 0.727. The average Bonchev–Trinajstić information content (AvgIpc) is 1.97. The summed E-state index contributed by atoms with van der Waals surface area (Å²) in [5.41, 5.74) is 5.44. The second-order valence-corrected chi connectivity index (χ2v) is 5.97. The van der Waals surface area contributed by atoms with Crippen molar-refractivity contribution in [2.24, 2.45) is 0 Å². The predicted molar refractivity (Wildman–Crippen MR) is 66.3 cm³/mol. The minimum absolute atomic E-state index is 0.0943. The van der Waals surface area contributed by atoms with E-state index in [9.17, 15) is 0 Å². The lowest BCUT2D eigenvalue weighted by Gasteiger charge is -2.22. The maximum absolute atomic E-state index is 5.67. The van der Waals surface area contributed by atoms with Gasteiger partial charge in [-0.05, 0) is 20.8 Å². The second-order valence-electron chi connectivity index (χ2n) is 5.97. The molecule has 0 fully saturated rings. The van der Waals surface area contributed by atoms with Gasteiger partial charge in [-0.2, -0.15) is 15.0 Å². The standard InChI is InChI=1S/C11H21N5/c1-10(2,3)7-13-8(12)15-9(14-7)16-11(4,5)6/h1-6H3,(H3,12,13,14,15,16). The van der Waals surface area contributed by atoms with Crippen LogP contribution in [0.5, 0.6) is 0 Å². The molecule has 1 aromatic heterocycles. The molecule has 0 amide bonds. The number of hydrogen-bond acceptors (Lipinski definition) is 5. The van der Waals surface area contributed by atoms with E-state index in [2.05, 4.69) is 20.3 Å². The summed E-state index contributed by atoms with van der Waals surface area (Å²) in [6, 6.07) is 0. The number of nitrogens with two attached hydrogens (primary N) is 1. The third-order valence-corrected chi connectivity index (χ3v) is 1.81. The number of nitrogens with one attached hydrogen (secondary N) is 1. The number of anilines is 2. The van der Waals surface area contributed by atoms with Gasteiger partial charge >= 0.3 is 0 Å². The Labute approximate surface area is 96.9 Å². The van der Waals surface area contributed by atoms with Crippen LogP contribution in [0.25, 0.3) is 0 Å². The molecule has 5 heteroatoms. The van der Waals surface area contributed by atoms with Crippen molar-refractivity contribution in [3.63, 3.8) is 0 Å². The lowest BCUT2D eigenvalue weighted by molar-refractivity contribution is 0.540. The lowest BCUT2D eigenvalue weighted by Crippen LogP contribution is -2.29. The molecule has 0 aromatic carbocycles. The zero-order valence-corrected chi connectivity index (χ0v) is 10.9. The van der Waals surface area contributed by atoms with Crippen molar-refractivity contribution in [1.29, 1.82) is 0 Å². The Bertz CT molecular complexity index is 373. The molecule has 0 aliphatic rings. The zero-order valence-electron chi connectivity index (χ0n) is 10.9. The molecule has 1 aromatic rings. The molecule has 0 saturated carbocycles. The van der Waals surface area contributed by atoms with Crippen LogP contribution in [0.3, 0.4) is 0 Å². The molecule has 0 unspecified atom stereocenters. The van der Waals surface area contributed by atoms with Gasteiger partial charge in [0.05, 0.1) is 0 Å². The molecule has 0 aliphatic heterocycles. The Balaban J connectivity index is 3.09. The van der Waals surface area contributed by atoms with Gasteiger partial charge in [0.1, 0.15) is 5.82 Å². The summed E-state index contributed by atoms with van der Waals surface area (Å²) in [5, 5.41) is 3.19. The van der Waals surface area contributed by atoms with Gasteiger partial charge in [-0.3, -0.25) is 0 Å². The van der Waals surface area contributed by atoms with E-state index in [-0.39, 0.29) is 16.9 Å². The normalized spacial score (nSPS) is 12.6. The molecule has 0 atom stereocenters. The van der Waals surface area contributed by atoms with Crippen LogP contribution in [0.15, 0.2) is 0 Å². The third-order valence-electron chi connectivity index (χ3n) is 1.81. The molecular weight excluding hydrogens is 202 g/mol. The molecule has 1 heterocycles. The van der Waals surface area contributed by atoms with Gasteiger partial charge in [-0.25, -0.2) is 0 Å². The zero-order chi connectivity index (χ0) is 12.6. The third kappa shape index (κ3) is 3.64. The van der Waals surface area contributed by atoms with Crippen LogP contribution in [0.4, 0.5) is 11.9 Å². The van der Waals surface area contributed by atoms with Crippen molar-refractivity contribution >= 4 is 11.9 Å². The number of nitrogen functional groups attached to an aromatic ring is 1. The molecule has 16 heavy (non-hydrogen) atoms. The maximum Gasteiger partial charge on any atom is 0.228 e. The summed E-state index contributed by atoms with van der Waals surface area (Å²) in [7, 11) is 0. The molecule has 0 saturated heterocycles. The van der Waals surface area contributed by atoms with E-state index >= 15 is 0 Å². The molecule has 90 valence electrons. The van der Waals surface area contributed by atoms with E-state index in [4.69, 9.17) is 5.73 Å². The number of hydrogen-bond donors (Lipinski definition) is 2. The summed E-state index contributed by atoms with van der Waals surface area (Å²) in [4.78, 5) is 12.6. The van der Waals surface area contributed by atoms with Crippen molar-refractivity contribution in [2.45, 2.75) is 52.5 Å². The first-order valence-electron chi connectivity index (χ1n) is 5.38. The van der Waals surface area contributed by atoms with Crippen LogP contribution in [0, 0.1) is 0 Å². The van der Waals surface area contributed by atoms with E-state index in [1.165, 1.54) is 0 Å². The highest BCUT2D eigenvalue weighted by Gasteiger charge is 2.20. The van der Waals surface area contributed by atoms with E-state index in [0.717, 1.165) is 0 Å². The van der Waals surface area contributed by atoms with Gasteiger partial charge in [-0.1, -0.05) is 20.8 Å². The summed E-state index contributed by atoms with van der Waals surface area (Å²) in [5.74, 6) is 1.49. The highest BCUT2D eigenvalue weighted by molar-refractivity contribution is 5.34. The van der Waals surface area contributed by atoms with Gasteiger partial charge in [0, 0.05) is 11.0 Å². The monoisotopic (exact) mass is 223 g/mol. The van der Waals surface area contributed by atoms with Gasteiger partial charge < -0.3 is 11.1 Å². The Kier molecular flexibility index (Phi) is 3.08. The van der Waals surface area contributed by atoms with Crippen molar-refractivity contribution in [3.05, 3.63) is 5.82 Å². The first-order chi connectivity index (χ1) is 7.08. The highest BCUT2D eigenvalue weighted by Crippen LogP contribution is 2.20. The summed E-state index contributed by atoms with van der Waals surface area (Å²) < 4.78 is 0. The average molecular weight is 223 g/mol. The highest BCUT2D eigenvalue weighted by atomic mass is 15.2.